The lowest BCUT2D eigenvalue weighted by molar-refractivity contribution is 0.0938. The van der Waals surface area contributed by atoms with Crippen LogP contribution in [0.4, 0.5) is 0 Å². The Balaban J connectivity index is 1.80. The Morgan fingerprint density at radius 1 is 1.21 bits per heavy atom. The first-order valence-electron chi connectivity index (χ1n) is 7.27. The highest BCUT2D eigenvalue weighted by molar-refractivity contribution is 5.96. The molecule has 1 aromatic rings. The molecular weight excluding hydrogens is 238 g/mol. The van der Waals surface area contributed by atoms with E-state index in [0.717, 1.165) is 12.5 Å². The lowest BCUT2D eigenvalue weighted by Gasteiger charge is -2.27. The zero-order chi connectivity index (χ0) is 13.7. The van der Waals surface area contributed by atoms with Gasteiger partial charge < -0.3 is 10.4 Å². The second-order valence-corrected chi connectivity index (χ2v) is 5.52. The van der Waals surface area contributed by atoms with Gasteiger partial charge in [0.1, 0.15) is 5.75 Å². The summed E-state index contributed by atoms with van der Waals surface area (Å²) in [6, 6.07) is 6.68. The summed E-state index contributed by atoms with van der Waals surface area (Å²) < 4.78 is 0. The fourth-order valence-electron chi connectivity index (χ4n) is 2.84. The molecule has 0 saturated heterocycles. The fraction of sp³-hybridized carbons (Fsp3) is 0.562. The third kappa shape index (κ3) is 3.72. The van der Waals surface area contributed by atoms with Crippen molar-refractivity contribution >= 4 is 5.91 Å². The van der Waals surface area contributed by atoms with Crippen molar-refractivity contribution < 1.29 is 9.90 Å². The summed E-state index contributed by atoms with van der Waals surface area (Å²) in [5.74, 6) is 1.35. The van der Waals surface area contributed by atoms with E-state index in [0.29, 0.717) is 11.5 Å². The summed E-state index contributed by atoms with van der Waals surface area (Å²) in [7, 11) is 0. The summed E-state index contributed by atoms with van der Waals surface area (Å²) in [6.45, 7) is 2.98. The Morgan fingerprint density at radius 2 is 1.84 bits per heavy atom. The summed E-state index contributed by atoms with van der Waals surface area (Å²) >= 11 is 0. The molecule has 0 heterocycles. The quantitative estimate of drug-likeness (QED) is 0.873. The van der Waals surface area contributed by atoms with E-state index >= 15 is 0 Å². The number of amides is 1. The van der Waals surface area contributed by atoms with Crippen LogP contribution in [0.5, 0.6) is 5.75 Å². The van der Waals surface area contributed by atoms with Gasteiger partial charge in [-0.15, -0.1) is 0 Å². The molecule has 1 amide bonds. The Kier molecular flexibility index (Phi) is 4.83. The predicted molar refractivity (Wildman–Crippen MR) is 76.2 cm³/mol. The smallest absolute Gasteiger partial charge is 0.255 e. The minimum Gasteiger partial charge on any atom is -0.507 e. The number of benzene rings is 1. The van der Waals surface area contributed by atoms with Crippen molar-refractivity contribution in [3.8, 4) is 5.75 Å². The second-order valence-electron chi connectivity index (χ2n) is 5.52. The number of para-hydroxylation sites is 1. The van der Waals surface area contributed by atoms with E-state index < -0.39 is 0 Å². The van der Waals surface area contributed by atoms with Crippen LogP contribution in [-0.4, -0.2) is 17.6 Å². The van der Waals surface area contributed by atoms with Crippen LogP contribution in [0.3, 0.4) is 0 Å². The molecule has 0 aliphatic heterocycles. The SMILES string of the molecule is CCC1CCC(CNC(=O)c2ccccc2O)CC1. The molecule has 1 aliphatic carbocycles. The second kappa shape index (κ2) is 6.60. The summed E-state index contributed by atoms with van der Waals surface area (Å²) in [4.78, 5) is 12.0. The number of carbonyl (C=O) groups excluding carboxylic acids is 1. The molecule has 0 bridgehead atoms. The summed E-state index contributed by atoms with van der Waals surface area (Å²) in [5, 5.41) is 12.6. The number of nitrogens with one attached hydrogen (secondary N) is 1. The minimum absolute atomic E-state index is 0.0506. The van der Waals surface area contributed by atoms with Gasteiger partial charge in [-0.05, 0) is 36.8 Å². The highest BCUT2D eigenvalue weighted by Crippen LogP contribution is 2.30. The van der Waals surface area contributed by atoms with Crippen LogP contribution in [0.25, 0.3) is 0 Å². The molecule has 3 heteroatoms. The molecule has 2 rings (SSSR count). The van der Waals surface area contributed by atoms with Crippen molar-refractivity contribution in [3.05, 3.63) is 29.8 Å². The Morgan fingerprint density at radius 3 is 2.47 bits per heavy atom. The Hall–Kier alpha value is -1.51. The van der Waals surface area contributed by atoms with E-state index in [1.165, 1.54) is 32.1 Å². The fourth-order valence-corrected chi connectivity index (χ4v) is 2.84. The third-order valence-electron chi connectivity index (χ3n) is 4.24. The van der Waals surface area contributed by atoms with Gasteiger partial charge in [0.25, 0.3) is 5.91 Å². The monoisotopic (exact) mass is 261 g/mol. The molecule has 0 unspecified atom stereocenters. The number of rotatable bonds is 4. The van der Waals surface area contributed by atoms with E-state index in [9.17, 15) is 9.90 Å². The maximum atomic E-state index is 12.0. The molecule has 3 nitrogen and oxygen atoms in total. The van der Waals surface area contributed by atoms with Gasteiger partial charge in [0.05, 0.1) is 5.56 Å². The highest BCUT2D eigenvalue weighted by Gasteiger charge is 2.20. The number of phenolic OH excluding ortho intramolecular Hbond substituents is 1. The molecule has 0 aromatic heterocycles. The normalized spacial score (nSPS) is 23.0. The average Bonchev–Trinajstić information content (AvgIpc) is 2.46. The molecule has 1 aliphatic rings. The third-order valence-corrected chi connectivity index (χ3v) is 4.24. The maximum Gasteiger partial charge on any atom is 0.255 e. The average molecular weight is 261 g/mol. The van der Waals surface area contributed by atoms with Crippen LogP contribution >= 0.6 is 0 Å². The van der Waals surface area contributed by atoms with Crippen LogP contribution in [0.15, 0.2) is 24.3 Å². The molecule has 0 spiro atoms. The van der Waals surface area contributed by atoms with Crippen LogP contribution in [-0.2, 0) is 0 Å². The van der Waals surface area contributed by atoms with Gasteiger partial charge in [-0.3, -0.25) is 4.79 Å². The van der Waals surface area contributed by atoms with Gasteiger partial charge in [-0.2, -0.15) is 0 Å². The number of carbonyl (C=O) groups is 1. The first-order chi connectivity index (χ1) is 9.20. The van der Waals surface area contributed by atoms with E-state index in [2.05, 4.69) is 12.2 Å². The van der Waals surface area contributed by atoms with Gasteiger partial charge in [0, 0.05) is 6.54 Å². The van der Waals surface area contributed by atoms with E-state index in [4.69, 9.17) is 0 Å². The van der Waals surface area contributed by atoms with Gasteiger partial charge in [-0.1, -0.05) is 38.3 Å². The largest absolute Gasteiger partial charge is 0.507 e. The first-order valence-corrected chi connectivity index (χ1v) is 7.27. The van der Waals surface area contributed by atoms with E-state index in [1.807, 2.05) is 0 Å². The van der Waals surface area contributed by atoms with Crippen LogP contribution in [0, 0.1) is 11.8 Å². The molecule has 104 valence electrons. The molecule has 1 fully saturated rings. The lowest BCUT2D eigenvalue weighted by atomic mass is 9.81. The zero-order valence-electron chi connectivity index (χ0n) is 11.6. The highest BCUT2D eigenvalue weighted by atomic mass is 16.3. The van der Waals surface area contributed by atoms with Crippen molar-refractivity contribution in [2.24, 2.45) is 11.8 Å². The van der Waals surface area contributed by atoms with Crippen LogP contribution in [0.2, 0.25) is 0 Å². The van der Waals surface area contributed by atoms with Crippen LogP contribution < -0.4 is 5.32 Å². The molecule has 1 aromatic carbocycles. The van der Waals surface area contributed by atoms with Crippen LogP contribution in [0.1, 0.15) is 49.4 Å². The van der Waals surface area contributed by atoms with Gasteiger partial charge in [0.15, 0.2) is 0 Å². The van der Waals surface area contributed by atoms with Crippen molar-refractivity contribution in [2.75, 3.05) is 6.54 Å². The molecule has 19 heavy (non-hydrogen) atoms. The standard InChI is InChI=1S/C16H23NO2/c1-2-12-7-9-13(10-8-12)11-17-16(19)14-5-3-4-6-15(14)18/h3-6,12-13,18H,2,7-11H2,1H3,(H,17,19). The van der Waals surface area contributed by atoms with Gasteiger partial charge in [-0.25, -0.2) is 0 Å². The topological polar surface area (TPSA) is 49.3 Å². The first kappa shape index (κ1) is 13.9. The molecule has 1 saturated carbocycles. The van der Waals surface area contributed by atoms with Crippen molar-refractivity contribution in [3.63, 3.8) is 0 Å². The predicted octanol–water partition coefficient (Wildman–Crippen LogP) is 3.34. The van der Waals surface area contributed by atoms with Crippen molar-refractivity contribution in [2.45, 2.75) is 39.0 Å². The van der Waals surface area contributed by atoms with Crippen molar-refractivity contribution in [1.82, 2.24) is 5.32 Å². The number of hydrogen-bond donors (Lipinski definition) is 2. The van der Waals surface area contributed by atoms with Crippen molar-refractivity contribution in [1.29, 1.82) is 0 Å². The molecule has 2 N–H and O–H groups in total. The number of aromatic hydroxyl groups is 1. The minimum atomic E-state index is -0.171. The van der Waals surface area contributed by atoms with E-state index in [-0.39, 0.29) is 11.7 Å². The van der Waals surface area contributed by atoms with Gasteiger partial charge >= 0.3 is 0 Å². The molecule has 0 atom stereocenters. The summed E-state index contributed by atoms with van der Waals surface area (Å²) in [6.07, 6.45) is 6.26. The van der Waals surface area contributed by atoms with E-state index in [1.54, 1.807) is 24.3 Å². The molecule has 0 radical (unpaired) electrons. The number of phenols is 1. The Bertz CT molecular complexity index is 423. The lowest BCUT2D eigenvalue weighted by Crippen LogP contribution is -2.31. The van der Waals surface area contributed by atoms with Gasteiger partial charge in [0.2, 0.25) is 0 Å². The summed E-state index contributed by atoms with van der Waals surface area (Å²) in [5.41, 5.74) is 0.366. The maximum absolute atomic E-state index is 12.0. The Labute approximate surface area is 115 Å². The molecular formula is C16H23NO2. The number of hydrogen-bond acceptors (Lipinski definition) is 2. The zero-order valence-corrected chi connectivity index (χ0v) is 11.6.